The predicted octanol–water partition coefficient (Wildman–Crippen LogP) is 12.3. The van der Waals surface area contributed by atoms with Gasteiger partial charge in [0.2, 0.25) is 0 Å². The van der Waals surface area contributed by atoms with Crippen LogP contribution in [-0.2, 0) is 0 Å². The molecule has 0 spiro atoms. The summed E-state index contributed by atoms with van der Waals surface area (Å²) < 4.78 is 4.98. The molecule has 1 aliphatic carbocycles. The van der Waals surface area contributed by atoms with E-state index >= 15 is 0 Å². The number of hydrogen-bond acceptors (Lipinski definition) is 0. The minimum atomic E-state index is 1.17. The van der Waals surface area contributed by atoms with Crippen LogP contribution in [0.25, 0.3) is 99.1 Å². The molecule has 2 heteroatoms. The molecular weight excluding hydrogens is 581 g/mol. The lowest BCUT2D eigenvalue weighted by Crippen LogP contribution is -1.96. The van der Waals surface area contributed by atoms with Crippen LogP contribution < -0.4 is 0 Å². The Morgan fingerprint density at radius 3 is 1.58 bits per heavy atom. The summed E-state index contributed by atoms with van der Waals surface area (Å²) in [4.78, 5) is 0. The maximum absolute atomic E-state index is 2.50. The number of rotatable bonds is 4. The van der Waals surface area contributed by atoms with E-state index in [9.17, 15) is 0 Å². The van der Waals surface area contributed by atoms with Crippen molar-refractivity contribution in [3.05, 3.63) is 170 Å². The first-order chi connectivity index (χ1) is 23.8. The van der Waals surface area contributed by atoms with E-state index in [2.05, 4.69) is 179 Å². The molecule has 0 radical (unpaired) electrons. The number of fused-ring (bicyclic) bond motifs is 1. The molecule has 0 unspecified atom stereocenters. The molecule has 0 N–H and O–H groups in total. The van der Waals surface area contributed by atoms with Gasteiger partial charge < -0.3 is 9.13 Å². The van der Waals surface area contributed by atoms with Gasteiger partial charge in [0.1, 0.15) is 0 Å². The van der Waals surface area contributed by atoms with Crippen molar-refractivity contribution in [3.63, 3.8) is 0 Å². The van der Waals surface area contributed by atoms with E-state index in [4.69, 9.17) is 0 Å². The Labute approximate surface area is 277 Å². The molecule has 0 fully saturated rings. The summed E-state index contributed by atoms with van der Waals surface area (Å²) in [7, 11) is 0. The highest BCUT2D eigenvalue weighted by Gasteiger charge is 2.28. The smallest absolute Gasteiger partial charge is 0.0626 e. The Balaban J connectivity index is 1.37. The summed E-state index contributed by atoms with van der Waals surface area (Å²) in [6.45, 7) is 0. The molecule has 48 heavy (non-hydrogen) atoms. The van der Waals surface area contributed by atoms with E-state index in [0.717, 1.165) is 0 Å². The highest BCUT2D eigenvalue weighted by Crippen LogP contribution is 2.53. The lowest BCUT2D eigenvalue weighted by Gasteiger charge is -2.14. The average Bonchev–Trinajstić information content (AvgIpc) is 3.65. The summed E-state index contributed by atoms with van der Waals surface area (Å²) >= 11 is 0. The van der Waals surface area contributed by atoms with Gasteiger partial charge in [-0.05, 0) is 81.7 Å². The molecule has 8 aromatic carbocycles. The van der Waals surface area contributed by atoms with Crippen molar-refractivity contribution < 1.29 is 0 Å². The lowest BCUT2D eigenvalue weighted by molar-refractivity contribution is 1.18. The minimum absolute atomic E-state index is 1.17. The molecule has 0 atom stereocenters. The first kappa shape index (κ1) is 25.8. The van der Waals surface area contributed by atoms with Crippen LogP contribution >= 0.6 is 0 Å². The second-order valence-corrected chi connectivity index (χ2v) is 12.9. The Hall–Kier alpha value is -6.38. The van der Waals surface area contributed by atoms with Crippen LogP contribution in [0.2, 0.25) is 0 Å². The van der Waals surface area contributed by atoms with E-state index in [-0.39, 0.29) is 0 Å². The van der Waals surface area contributed by atoms with E-state index in [1.807, 2.05) is 0 Å². The molecule has 2 aromatic heterocycles. The van der Waals surface area contributed by atoms with Crippen LogP contribution in [-0.4, -0.2) is 9.13 Å². The second-order valence-electron chi connectivity index (χ2n) is 12.9. The Morgan fingerprint density at radius 1 is 0.292 bits per heavy atom. The molecule has 0 saturated heterocycles. The first-order valence-electron chi connectivity index (χ1n) is 16.6. The van der Waals surface area contributed by atoms with Crippen LogP contribution in [0.15, 0.2) is 170 Å². The third-order valence-corrected chi connectivity index (χ3v) is 10.4. The van der Waals surface area contributed by atoms with Crippen molar-refractivity contribution in [2.24, 2.45) is 0 Å². The second kappa shape index (κ2) is 9.57. The molecule has 0 saturated carbocycles. The van der Waals surface area contributed by atoms with Crippen molar-refractivity contribution in [3.8, 4) is 44.8 Å². The van der Waals surface area contributed by atoms with Crippen molar-refractivity contribution >= 4 is 54.4 Å². The van der Waals surface area contributed by atoms with Gasteiger partial charge in [0.05, 0.1) is 22.1 Å². The normalized spacial score (nSPS) is 12.2. The lowest BCUT2D eigenvalue weighted by atomic mass is 9.94. The summed E-state index contributed by atoms with van der Waals surface area (Å²) in [5.74, 6) is 0. The van der Waals surface area contributed by atoms with Gasteiger partial charge in [-0.2, -0.15) is 0 Å². The van der Waals surface area contributed by atoms with Gasteiger partial charge in [0.25, 0.3) is 0 Å². The highest BCUT2D eigenvalue weighted by molar-refractivity contribution is 6.40. The van der Waals surface area contributed by atoms with Gasteiger partial charge in [0.15, 0.2) is 0 Å². The SMILES string of the molecule is c1ccc(-c2cccc(-n3c4cccc5c4c4c6c(ccc43)cc(-c3ccccc3)c3c6c4c-5cccc4n3-c3ccccc3)c2)cc1. The van der Waals surface area contributed by atoms with Crippen LogP contribution in [0.1, 0.15) is 0 Å². The number of hydrogen-bond donors (Lipinski definition) is 0. The monoisotopic (exact) mass is 608 g/mol. The van der Waals surface area contributed by atoms with E-state index in [1.165, 1.54) is 99.1 Å². The standard InChI is InChI=1S/C46H28N2/c1-4-13-29(14-5-1)31-17-10-20-34(27-31)47-38-23-11-21-35-36-22-12-24-39-43(36)45-41-32(25-26-40(47)44(41)42(35)38)28-37(30-15-6-2-7-16-30)46(45)48(39)33-18-8-3-9-19-33/h1-28H. The summed E-state index contributed by atoms with van der Waals surface area (Å²) in [5.41, 5.74) is 14.8. The molecule has 0 aliphatic heterocycles. The van der Waals surface area contributed by atoms with Gasteiger partial charge in [-0.25, -0.2) is 0 Å². The van der Waals surface area contributed by atoms with Gasteiger partial charge in [-0.1, -0.05) is 121 Å². The predicted molar refractivity (Wildman–Crippen MR) is 202 cm³/mol. The largest absolute Gasteiger partial charge is 0.309 e. The molecule has 2 nitrogen and oxygen atoms in total. The van der Waals surface area contributed by atoms with Crippen LogP contribution in [0, 0.1) is 0 Å². The first-order valence-corrected chi connectivity index (χ1v) is 16.6. The van der Waals surface area contributed by atoms with Crippen LogP contribution in [0.4, 0.5) is 0 Å². The Kier molecular flexibility index (Phi) is 5.14. The average molecular weight is 609 g/mol. The number of aromatic nitrogens is 2. The zero-order valence-electron chi connectivity index (χ0n) is 26.1. The van der Waals surface area contributed by atoms with Crippen molar-refractivity contribution in [1.82, 2.24) is 9.13 Å². The molecule has 0 amide bonds. The molecule has 11 rings (SSSR count). The van der Waals surface area contributed by atoms with E-state index in [0.29, 0.717) is 0 Å². The van der Waals surface area contributed by atoms with Crippen LogP contribution in [0.3, 0.4) is 0 Å². The Morgan fingerprint density at radius 2 is 0.854 bits per heavy atom. The fraction of sp³-hybridized carbons (Fsp3) is 0. The molecule has 222 valence electrons. The topological polar surface area (TPSA) is 9.86 Å². The number of nitrogens with zero attached hydrogens (tertiary/aromatic N) is 2. The maximum Gasteiger partial charge on any atom is 0.0626 e. The third kappa shape index (κ3) is 3.36. The third-order valence-electron chi connectivity index (χ3n) is 10.4. The number of benzene rings is 8. The fourth-order valence-corrected chi connectivity index (χ4v) is 8.48. The van der Waals surface area contributed by atoms with Gasteiger partial charge in [-0.3, -0.25) is 0 Å². The molecule has 10 aromatic rings. The summed E-state index contributed by atoms with van der Waals surface area (Å²) in [5, 5.41) is 7.92. The van der Waals surface area contributed by atoms with E-state index < -0.39 is 0 Å². The number of para-hydroxylation sites is 1. The van der Waals surface area contributed by atoms with Gasteiger partial charge in [-0.15, -0.1) is 0 Å². The van der Waals surface area contributed by atoms with E-state index in [1.54, 1.807) is 0 Å². The quantitative estimate of drug-likeness (QED) is 0.188. The van der Waals surface area contributed by atoms with Gasteiger partial charge in [0, 0.05) is 43.9 Å². The summed E-state index contributed by atoms with van der Waals surface area (Å²) in [6.07, 6.45) is 0. The zero-order chi connectivity index (χ0) is 31.3. The fourth-order valence-electron chi connectivity index (χ4n) is 8.48. The van der Waals surface area contributed by atoms with Crippen molar-refractivity contribution in [2.45, 2.75) is 0 Å². The zero-order valence-corrected chi connectivity index (χ0v) is 26.1. The maximum atomic E-state index is 2.50. The molecule has 0 bridgehead atoms. The Bertz CT molecular complexity index is 2910. The molecule has 1 aliphatic rings. The molecule has 2 heterocycles. The summed E-state index contributed by atoms with van der Waals surface area (Å²) in [6, 6.07) is 62.3. The molecular formula is C46H28N2. The van der Waals surface area contributed by atoms with Crippen LogP contribution in [0.5, 0.6) is 0 Å². The van der Waals surface area contributed by atoms with Gasteiger partial charge >= 0.3 is 0 Å². The van der Waals surface area contributed by atoms with Crippen molar-refractivity contribution in [2.75, 3.05) is 0 Å². The van der Waals surface area contributed by atoms with Crippen molar-refractivity contribution in [1.29, 1.82) is 0 Å². The minimum Gasteiger partial charge on any atom is -0.309 e. The highest BCUT2D eigenvalue weighted by atomic mass is 15.0.